The van der Waals surface area contributed by atoms with Crippen LogP contribution >= 0.6 is 11.6 Å². The molecule has 178 valence electrons. The van der Waals surface area contributed by atoms with Crippen molar-refractivity contribution in [2.75, 3.05) is 18.5 Å². The molecule has 1 aromatic heterocycles. The number of anilines is 1. The third kappa shape index (κ3) is 6.66. The summed E-state index contributed by atoms with van der Waals surface area (Å²) in [5, 5.41) is 0.682. The highest BCUT2D eigenvalue weighted by molar-refractivity contribution is 6.30. The molecule has 0 atom stereocenters. The molecule has 1 heterocycles. The fourth-order valence-electron chi connectivity index (χ4n) is 4.78. The Kier molecular flexibility index (Phi) is 8.69. The number of carbonyl (C=O) groups is 1. The summed E-state index contributed by atoms with van der Waals surface area (Å²) in [5.74, 6) is 2.15. The van der Waals surface area contributed by atoms with Crippen molar-refractivity contribution in [2.24, 2.45) is 16.8 Å². The molecule has 0 unspecified atom stereocenters. The van der Waals surface area contributed by atoms with E-state index in [0.29, 0.717) is 11.6 Å². The van der Waals surface area contributed by atoms with Gasteiger partial charge in [0.05, 0.1) is 29.5 Å². The minimum atomic E-state index is -0.318. The van der Waals surface area contributed by atoms with Gasteiger partial charge < -0.3 is 9.69 Å². The number of aldehydes is 1. The number of aryl methyl sites for hydroxylation is 1. The van der Waals surface area contributed by atoms with E-state index in [4.69, 9.17) is 16.6 Å². The summed E-state index contributed by atoms with van der Waals surface area (Å²) in [4.78, 5) is 22.6. The zero-order valence-electron chi connectivity index (χ0n) is 20.8. The molecule has 2 saturated carbocycles. The molecule has 2 aliphatic carbocycles. The molecule has 0 radical (unpaired) electrons. The molecule has 5 heteroatoms. The summed E-state index contributed by atoms with van der Waals surface area (Å²) in [6, 6.07) is 7.68. The summed E-state index contributed by atoms with van der Waals surface area (Å²) in [6.45, 7) is 9.31. The molecule has 0 bridgehead atoms. The topological polar surface area (TPSA) is 45.6 Å². The number of hydrogen-bond acceptors (Lipinski definition) is 4. The first kappa shape index (κ1) is 25.4. The lowest BCUT2D eigenvalue weighted by atomic mass is 9.74. The number of pyridine rings is 1. The average Bonchev–Trinajstić information content (AvgIpc) is 3.57. The number of hydrogen-bond donors (Lipinski definition) is 0. The Morgan fingerprint density at radius 2 is 2.03 bits per heavy atom. The van der Waals surface area contributed by atoms with Crippen LogP contribution in [0.1, 0.15) is 70.4 Å². The number of benzene rings is 1. The van der Waals surface area contributed by atoms with Crippen LogP contribution in [0.2, 0.25) is 5.02 Å². The van der Waals surface area contributed by atoms with E-state index in [1.165, 1.54) is 25.7 Å². The Bertz CT molecular complexity index is 974. The maximum absolute atomic E-state index is 11.5. The van der Waals surface area contributed by atoms with Gasteiger partial charge in [0.2, 0.25) is 0 Å². The van der Waals surface area contributed by atoms with E-state index < -0.39 is 0 Å². The third-order valence-corrected chi connectivity index (χ3v) is 7.11. The van der Waals surface area contributed by atoms with Crippen molar-refractivity contribution in [1.29, 1.82) is 0 Å². The Morgan fingerprint density at radius 1 is 1.30 bits per heavy atom. The highest BCUT2D eigenvalue weighted by Gasteiger charge is 2.46. The molecule has 0 aliphatic heterocycles. The number of rotatable bonds is 8. The fraction of sp³-hybridized carbons (Fsp3) is 0.536. The first-order valence-electron chi connectivity index (χ1n) is 12.2. The van der Waals surface area contributed by atoms with Gasteiger partial charge in [-0.2, -0.15) is 0 Å². The number of halogens is 1. The number of carbonyl (C=O) groups excluding carboxylic acids is 1. The van der Waals surface area contributed by atoms with E-state index in [2.05, 4.69) is 23.7 Å². The molecule has 4 nitrogen and oxygen atoms in total. The smallest absolute Gasteiger partial charge is 0.130 e. The Balaban J connectivity index is 0.000000323. The van der Waals surface area contributed by atoms with E-state index >= 15 is 0 Å². The highest BCUT2D eigenvalue weighted by atomic mass is 35.5. The Labute approximate surface area is 204 Å². The van der Waals surface area contributed by atoms with Crippen LogP contribution in [0.4, 0.5) is 11.4 Å². The summed E-state index contributed by atoms with van der Waals surface area (Å²) < 4.78 is 0. The lowest BCUT2D eigenvalue weighted by Crippen LogP contribution is -2.27. The quantitative estimate of drug-likeness (QED) is 0.301. The molecule has 1 aromatic carbocycles. The first-order valence-corrected chi connectivity index (χ1v) is 12.6. The summed E-state index contributed by atoms with van der Waals surface area (Å²) >= 11 is 6.07. The second-order valence-corrected chi connectivity index (χ2v) is 10.5. The van der Waals surface area contributed by atoms with Crippen LogP contribution < -0.4 is 4.90 Å². The van der Waals surface area contributed by atoms with E-state index in [1.54, 1.807) is 6.20 Å². The van der Waals surface area contributed by atoms with Gasteiger partial charge in [-0.1, -0.05) is 44.4 Å². The second kappa shape index (κ2) is 11.3. The lowest BCUT2D eigenvalue weighted by molar-refractivity contribution is -0.109. The molecule has 0 spiro atoms. The minimum absolute atomic E-state index is 0.318. The van der Waals surface area contributed by atoms with Gasteiger partial charge in [0, 0.05) is 24.0 Å². The lowest BCUT2D eigenvalue weighted by Gasteiger charge is -2.32. The van der Waals surface area contributed by atoms with E-state index in [9.17, 15) is 4.79 Å². The van der Waals surface area contributed by atoms with Crippen molar-refractivity contribution < 1.29 is 4.79 Å². The normalized spacial score (nSPS) is 20.8. The molecule has 4 rings (SSSR count). The van der Waals surface area contributed by atoms with Gasteiger partial charge in [0.1, 0.15) is 6.29 Å². The van der Waals surface area contributed by atoms with Crippen LogP contribution in [0.3, 0.4) is 0 Å². The second-order valence-electron chi connectivity index (χ2n) is 10.0. The maximum Gasteiger partial charge on any atom is 0.130 e. The molecular weight excluding hydrogens is 430 g/mol. The van der Waals surface area contributed by atoms with Crippen LogP contribution in [0.15, 0.2) is 41.7 Å². The van der Waals surface area contributed by atoms with Gasteiger partial charge in [-0.3, -0.25) is 9.98 Å². The minimum Gasteiger partial charge on any atom is -0.368 e. The van der Waals surface area contributed by atoms with Crippen LogP contribution in [0.25, 0.3) is 0 Å². The molecule has 33 heavy (non-hydrogen) atoms. The predicted octanol–water partition coefficient (Wildman–Crippen LogP) is 7.34. The standard InChI is InChI=1S/C20H22ClN3O.C8H16/c1-14-4-5-16(21)10-18(14)23-15(2)12-24(3)19-11-22-9-6-17(19)20(13-25)7-8-20;1-3-4-8-5-7(2)6-8/h4-6,9-11,13H,7-8,12H2,1-3H3;7-8H,3-6H2,1-2H3. The first-order chi connectivity index (χ1) is 15.8. The van der Waals surface area contributed by atoms with E-state index in [1.807, 2.05) is 51.4 Å². The SMILES string of the molecule is CC(CN(C)c1cnccc1C1(C=O)CC1)=Nc1cc(Cl)ccc1C.CCCC1CC(C)C1. The summed E-state index contributed by atoms with van der Waals surface area (Å²) in [7, 11) is 2.01. The highest BCUT2D eigenvalue weighted by Crippen LogP contribution is 2.49. The molecule has 0 N–H and O–H groups in total. The Morgan fingerprint density at radius 3 is 2.64 bits per heavy atom. The predicted molar refractivity (Wildman–Crippen MR) is 140 cm³/mol. The number of aromatic nitrogens is 1. The van der Waals surface area contributed by atoms with Crippen molar-refractivity contribution in [3.63, 3.8) is 0 Å². The van der Waals surface area contributed by atoms with Crippen LogP contribution in [-0.4, -0.2) is 30.6 Å². The van der Waals surface area contributed by atoms with Gasteiger partial charge in [-0.15, -0.1) is 0 Å². The van der Waals surface area contributed by atoms with Gasteiger partial charge in [-0.05, 0) is 80.7 Å². The zero-order chi connectivity index (χ0) is 24.0. The van der Waals surface area contributed by atoms with Gasteiger partial charge >= 0.3 is 0 Å². The maximum atomic E-state index is 11.5. The molecular formula is C28H38ClN3O. The summed E-state index contributed by atoms with van der Waals surface area (Å²) in [5.41, 5.74) is 4.68. The summed E-state index contributed by atoms with van der Waals surface area (Å²) in [6.07, 6.45) is 12.4. The Hall–Kier alpha value is -2.20. The largest absolute Gasteiger partial charge is 0.368 e. The van der Waals surface area contributed by atoms with Crippen LogP contribution in [0, 0.1) is 18.8 Å². The number of aliphatic imine (C=N–C) groups is 1. The molecule has 0 saturated heterocycles. The van der Waals surface area contributed by atoms with Crippen LogP contribution in [-0.2, 0) is 10.2 Å². The zero-order valence-corrected chi connectivity index (χ0v) is 21.5. The molecule has 2 aliphatic rings. The van der Waals surface area contributed by atoms with Crippen molar-refractivity contribution in [1.82, 2.24) is 4.98 Å². The van der Waals surface area contributed by atoms with Crippen molar-refractivity contribution in [3.05, 3.63) is 52.8 Å². The average molecular weight is 468 g/mol. The van der Waals surface area contributed by atoms with Crippen molar-refractivity contribution >= 4 is 35.0 Å². The van der Waals surface area contributed by atoms with E-state index in [-0.39, 0.29) is 5.41 Å². The monoisotopic (exact) mass is 467 g/mol. The van der Waals surface area contributed by atoms with Gasteiger partial charge in [0.25, 0.3) is 0 Å². The fourth-order valence-corrected chi connectivity index (χ4v) is 4.95. The van der Waals surface area contributed by atoms with E-state index in [0.717, 1.165) is 59.2 Å². The molecule has 0 amide bonds. The number of nitrogens with zero attached hydrogens (tertiary/aromatic N) is 3. The van der Waals surface area contributed by atoms with Crippen molar-refractivity contribution in [3.8, 4) is 0 Å². The van der Waals surface area contributed by atoms with Crippen LogP contribution in [0.5, 0.6) is 0 Å². The van der Waals surface area contributed by atoms with Gasteiger partial charge in [0.15, 0.2) is 0 Å². The molecule has 2 fully saturated rings. The molecule has 2 aromatic rings. The third-order valence-electron chi connectivity index (χ3n) is 6.88. The van der Waals surface area contributed by atoms with Crippen molar-refractivity contribution in [2.45, 2.75) is 71.6 Å². The van der Waals surface area contributed by atoms with Gasteiger partial charge in [-0.25, -0.2) is 0 Å².